The average Bonchev–Trinajstić information content (AvgIpc) is 1.70. The Bertz CT molecular complexity index is 4410. The Kier molecular flexibility index (Phi) is 22.9. The van der Waals surface area contributed by atoms with Crippen molar-refractivity contribution in [3.8, 4) is 23.0 Å². The summed E-state index contributed by atoms with van der Waals surface area (Å²) in [6, 6.07) is 33.0. The molecule has 8 aliphatic rings. The van der Waals surface area contributed by atoms with Crippen LogP contribution >= 0.6 is 0 Å². The standard InChI is InChI=1S/C40H39N4O4.C38H35N4O4.CH4.2Y/c1-5-8-28-12-29(23-47-33-9-10-34-36(17-33)41-19-31-15-26(6-2)21-43(31)39(34)45)14-30(13-28)24-48-38-18-37-35(11-25(38)4)40(46)44-22-27(7-3)16-32(44)20-42-37;1-5-6-26-12-27(21-45-31-7-8-32-34(15-31)39-17-29-9-23(2)19-41(29)37(32)43)14-28(13-26)22-46-36-16-35-33(11-25(36)4)38(44)42-20-24(3)10-30(42)18-40-35;;;/h5-8,10-14,17-20,31-32H,15-16,21-24H2,1-4H3;5-6,8,11-18,29-30H,2-3,9-10,19-22H2,1,4H3;1H4;;/q2*-1;;;/b8-5?,26-6+,27-7+;;;;/t31-,32-;29-,30-;;;/m00.../s1. The van der Waals surface area contributed by atoms with Crippen LogP contribution in [0.2, 0.25) is 0 Å². The van der Waals surface area contributed by atoms with Crippen molar-refractivity contribution >= 4 is 83.4 Å². The van der Waals surface area contributed by atoms with Crippen LogP contribution in [0.3, 0.4) is 0 Å². The first-order valence-corrected chi connectivity index (χ1v) is 32.0. The average molecular weight is 1450 g/mol. The quantitative estimate of drug-likeness (QED) is 0.0767. The maximum absolute atomic E-state index is 13.4. The zero-order chi connectivity index (χ0) is 65.3. The van der Waals surface area contributed by atoms with Gasteiger partial charge in [-0.2, -0.15) is 12.1 Å². The summed E-state index contributed by atoms with van der Waals surface area (Å²) in [5.74, 6) is 2.33. The van der Waals surface area contributed by atoms with Crippen molar-refractivity contribution in [1.29, 1.82) is 0 Å². The van der Waals surface area contributed by atoms with E-state index >= 15 is 0 Å². The second-order valence-corrected chi connectivity index (χ2v) is 25.1. The fraction of sp³-hybridized carbons (Fsp3) is 0.291. The van der Waals surface area contributed by atoms with Crippen LogP contribution in [0.1, 0.15) is 147 Å². The Balaban J connectivity index is 0.000000204. The third-order valence-electron chi connectivity index (χ3n) is 18.2. The van der Waals surface area contributed by atoms with Gasteiger partial charge in [0.1, 0.15) is 37.9 Å². The van der Waals surface area contributed by atoms with Crippen molar-refractivity contribution in [3.63, 3.8) is 0 Å². The second kappa shape index (κ2) is 31.1. The summed E-state index contributed by atoms with van der Waals surface area (Å²) in [4.78, 5) is 79.2. The van der Waals surface area contributed by atoms with Crippen LogP contribution in [0.15, 0.2) is 165 Å². The van der Waals surface area contributed by atoms with E-state index in [0.717, 1.165) is 81.3 Å². The number of amides is 4. The van der Waals surface area contributed by atoms with Crippen LogP contribution in [-0.2, 0) is 91.8 Å². The third kappa shape index (κ3) is 15.5. The molecule has 4 amide bonds. The molecule has 97 heavy (non-hydrogen) atoms. The van der Waals surface area contributed by atoms with E-state index in [1.165, 1.54) is 11.1 Å². The molecule has 0 N–H and O–H groups in total. The molecule has 490 valence electrons. The van der Waals surface area contributed by atoms with E-state index in [-0.39, 0.29) is 121 Å². The number of fused-ring (bicyclic) bond motifs is 8. The molecule has 4 fully saturated rings. The predicted molar refractivity (Wildman–Crippen MR) is 375 cm³/mol. The number of aryl methyl sites for hydroxylation is 2. The van der Waals surface area contributed by atoms with Gasteiger partial charge < -0.3 is 38.5 Å². The van der Waals surface area contributed by atoms with Crippen molar-refractivity contribution < 1.29 is 104 Å². The fourth-order valence-corrected chi connectivity index (χ4v) is 13.3. The maximum Gasteiger partial charge on any atom is 0.256 e. The normalized spacial score (nSPS) is 20.1. The van der Waals surface area contributed by atoms with Gasteiger partial charge in [0, 0.05) is 140 Å². The molecule has 18 heteroatoms. The van der Waals surface area contributed by atoms with E-state index < -0.39 is 0 Å². The van der Waals surface area contributed by atoms with Gasteiger partial charge >= 0.3 is 0 Å². The molecule has 8 heterocycles. The monoisotopic (exact) mass is 1440 g/mol. The van der Waals surface area contributed by atoms with Crippen molar-refractivity contribution in [2.45, 2.75) is 125 Å². The Morgan fingerprint density at radius 1 is 0.443 bits per heavy atom. The minimum absolute atomic E-state index is 0. The molecular formula is C79H78N8O8Y2-2. The van der Waals surface area contributed by atoms with Gasteiger partial charge in [-0.05, 0) is 183 Å². The van der Waals surface area contributed by atoms with Crippen molar-refractivity contribution in [3.05, 3.63) is 224 Å². The number of benzene rings is 6. The van der Waals surface area contributed by atoms with Crippen molar-refractivity contribution in [2.75, 3.05) is 26.2 Å². The first-order valence-electron chi connectivity index (χ1n) is 32.0. The van der Waals surface area contributed by atoms with Crippen molar-refractivity contribution in [1.82, 2.24) is 19.6 Å². The molecule has 0 aromatic heterocycles. The predicted octanol–water partition coefficient (Wildman–Crippen LogP) is 15.3. The van der Waals surface area contributed by atoms with E-state index in [4.69, 9.17) is 23.9 Å². The zero-order valence-electron chi connectivity index (χ0n) is 55.1. The maximum atomic E-state index is 13.4. The molecule has 4 atom stereocenters. The van der Waals surface area contributed by atoms with Gasteiger partial charge in [0.05, 0.1) is 46.7 Å². The van der Waals surface area contributed by atoms with E-state index in [1.54, 1.807) is 24.3 Å². The molecule has 8 aliphatic heterocycles. The summed E-state index contributed by atoms with van der Waals surface area (Å²) in [6.07, 6.45) is 22.8. The first-order chi connectivity index (χ1) is 45.6. The van der Waals surface area contributed by atoms with Gasteiger partial charge in [-0.25, -0.2) is 0 Å². The van der Waals surface area contributed by atoms with Crippen LogP contribution in [0.4, 0.5) is 22.7 Å². The second-order valence-electron chi connectivity index (χ2n) is 25.1. The molecular weight excluding hydrogens is 1370 g/mol. The molecule has 14 rings (SSSR count). The number of carbonyl (C=O) groups is 4. The number of hydrogen-bond acceptors (Lipinski definition) is 12. The minimum atomic E-state index is -0.0600. The minimum Gasteiger partial charge on any atom is -0.515 e. The van der Waals surface area contributed by atoms with Crippen LogP contribution < -0.4 is 18.9 Å². The number of rotatable bonds is 14. The molecule has 4 saturated heterocycles. The number of ether oxygens (including phenoxy) is 4. The number of aliphatic imine (C=N–C) groups is 4. The largest absolute Gasteiger partial charge is 0.515 e. The fourth-order valence-electron chi connectivity index (χ4n) is 13.3. The van der Waals surface area contributed by atoms with Gasteiger partial charge in [0.15, 0.2) is 0 Å². The molecule has 16 nitrogen and oxygen atoms in total. The van der Waals surface area contributed by atoms with Crippen LogP contribution in [0, 0.1) is 26.0 Å². The third-order valence-corrected chi connectivity index (χ3v) is 18.2. The van der Waals surface area contributed by atoms with Gasteiger partial charge in [0.25, 0.3) is 11.8 Å². The molecule has 0 saturated carbocycles. The number of allylic oxidation sites excluding steroid dienone is 4. The van der Waals surface area contributed by atoms with Gasteiger partial charge in [-0.1, -0.05) is 79.3 Å². The molecule has 2 radical (unpaired) electrons. The number of carbonyl (C=O) groups excluding carboxylic acids is 4. The Morgan fingerprint density at radius 3 is 1.13 bits per heavy atom. The summed E-state index contributed by atoms with van der Waals surface area (Å²) < 4.78 is 25.0. The Hall–Kier alpha value is -8.27. The molecule has 0 bridgehead atoms. The van der Waals surface area contributed by atoms with Crippen molar-refractivity contribution in [2.24, 2.45) is 20.0 Å². The van der Waals surface area contributed by atoms with E-state index in [1.807, 2.05) is 135 Å². The summed E-state index contributed by atoms with van der Waals surface area (Å²) in [5.41, 5.74) is 17.0. The van der Waals surface area contributed by atoms with E-state index in [9.17, 15) is 19.2 Å². The van der Waals surface area contributed by atoms with Gasteiger partial charge in [0.2, 0.25) is 11.8 Å². The van der Waals surface area contributed by atoms with Gasteiger partial charge in [-0.15, -0.1) is 24.3 Å². The Morgan fingerprint density at radius 2 is 0.773 bits per heavy atom. The summed E-state index contributed by atoms with van der Waals surface area (Å²) in [7, 11) is 0. The van der Waals surface area contributed by atoms with Gasteiger partial charge in [-0.3, -0.25) is 39.1 Å². The van der Waals surface area contributed by atoms with E-state index in [2.05, 4.69) is 88.8 Å². The molecule has 0 unspecified atom stereocenters. The first kappa shape index (κ1) is 71.5. The van der Waals surface area contributed by atoms with Crippen LogP contribution in [0.5, 0.6) is 23.0 Å². The molecule has 6 aromatic carbocycles. The van der Waals surface area contributed by atoms with Crippen LogP contribution in [-0.4, -0.2) is 118 Å². The summed E-state index contributed by atoms with van der Waals surface area (Å²) in [5, 5.41) is 0. The molecule has 0 aliphatic carbocycles. The zero-order valence-corrected chi connectivity index (χ0v) is 60.7. The number of nitrogens with zero attached hydrogens (tertiary/aromatic N) is 8. The van der Waals surface area contributed by atoms with E-state index in [0.29, 0.717) is 121 Å². The molecule has 0 spiro atoms. The Labute approximate surface area is 619 Å². The molecule has 6 aromatic rings. The van der Waals surface area contributed by atoms with Crippen LogP contribution in [0.25, 0.3) is 12.2 Å². The smallest absolute Gasteiger partial charge is 0.256 e. The summed E-state index contributed by atoms with van der Waals surface area (Å²) in [6.45, 7) is 23.7. The summed E-state index contributed by atoms with van der Waals surface area (Å²) >= 11 is 0. The topological polar surface area (TPSA) is 168 Å². The number of hydrogen-bond donors (Lipinski definition) is 0. The SMILES string of the molecule is C.C=C1C[C@H]2C=Nc3cc(OCc4cc(C=CC)cc(COc5cc6c(cc5C)C(=O)N5CC(=C)C[C@H]5C=N6)c4)[c-]cc3C(=O)N2C1.CC=Cc1cc(COc2[c-]cc3c(c2)N=C[C@@H]2C/C(=C\C)CN2C3=O)cc(COc2cc3c(cc2C)C(=O)N2C/C(=C/C)C[C@H]2C=N3)c1.[Y].[Y].